The van der Waals surface area contributed by atoms with Crippen molar-refractivity contribution in [1.82, 2.24) is 4.98 Å². The van der Waals surface area contributed by atoms with Gasteiger partial charge in [-0.25, -0.2) is 9.37 Å². The standard InChI is InChI=1S/C21H18FN2O/c1-14-10-15(2)20-19(11-14)23-21(25-20)17-7-5-9-24(13-17)12-16-6-3-4-8-18(16)22/h3-11,13H,12H2,1-2H3/q+1. The van der Waals surface area contributed by atoms with Crippen molar-refractivity contribution in [1.29, 1.82) is 0 Å². The normalized spacial score (nSPS) is 11.2. The fraction of sp³-hybridized carbons (Fsp3) is 0.143. The Hall–Kier alpha value is -3.01. The van der Waals surface area contributed by atoms with Crippen LogP contribution in [0.25, 0.3) is 22.6 Å². The zero-order valence-corrected chi connectivity index (χ0v) is 14.2. The van der Waals surface area contributed by atoms with Gasteiger partial charge in [-0.1, -0.05) is 18.2 Å². The fourth-order valence-electron chi connectivity index (χ4n) is 3.07. The number of benzene rings is 2. The smallest absolute Gasteiger partial charge is 0.233 e. The number of fused-ring (bicyclic) bond motifs is 1. The summed E-state index contributed by atoms with van der Waals surface area (Å²) in [6, 6.07) is 14.8. The van der Waals surface area contributed by atoms with Crippen molar-refractivity contribution in [3.8, 4) is 11.5 Å². The molecule has 0 aliphatic carbocycles. The van der Waals surface area contributed by atoms with E-state index < -0.39 is 0 Å². The lowest BCUT2D eigenvalue weighted by Gasteiger charge is -2.00. The Morgan fingerprint density at radius 3 is 2.76 bits per heavy atom. The summed E-state index contributed by atoms with van der Waals surface area (Å²) < 4.78 is 21.8. The molecule has 0 unspecified atom stereocenters. The van der Waals surface area contributed by atoms with Crippen molar-refractivity contribution in [2.45, 2.75) is 20.4 Å². The summed E-state index contributed by atoms with van der Waals surface area (Å²) in [5.74, 6) is 0.375. The molecule has 0 saturated carbocycles. The first-order chi connectivity index (χ1) is 12.1. The first-order valence-electron chi connectivity index (χ1n) is 8.21. The maximum Gasteiger partial charge on any atom is 0.233 e. The molecule has 4 rings (SSSR count). The van der Waals surface area contributed by atoms with Gasteiger partial charge in [-0.2, -0.15) is 4.57 Å². The summed E-state index contributed by atoms with van der Waals surface area (Å²) >= 11 is 0. The van der Waals surface area contributed by atoms with Gasteiger partial charge >= 0.3 is 0 Å². The second-order valence-electron chi connectivity index (χ2n) is 6.31. The molecular formula is C21H18FN2O+. The molecule has 0 aliphatic heterocycles. The van der Waals surface area contributed by atoms with Crippen molar-refractivity contribution in [2.24, 2.45) is 0 Å². The number of halogens is 1. The molecule has 0 fully saturated rings. The second-order valence-corrected chi connectivity index (χ2v) is 6.31. The van der Waals surface area contributed by atoms with E-state index in [0.717, 1.165) is 27.8 Å². The van der Waals surface area contributed by atoms with Crippen molar-refractivity contribution in [2.75, 3.05) is 0 Å². The summed E-state index contributed by atoms with van der Waals surface area (Å²) in [5, 5.41) is 0. The largest absolute Gasteiger partial charge is 0.436 e. The van der Waals surface area contributed by atoms with Crippen LogP contribution in [-0.2, 0) is 6.54 Å². The van der Waals surface area contributed by atoms with Crippen LogP contribution in [0.3, 0.4) is 0 Å². The molecule has 2 aromatic carbocycles. The first kappa shape index (κ1) is 15.5. The quantitative estimate of drug-likeness (QED) is 0.513. The van der Waals surface area contributed by atoms with E-state index >= 15 is 0 Å². The lowest BCUT2D eigenvalue weighted by molar-refractivity contribution is -0.688. The summed E-state index contributed by atoms with van der Waals surface area (Å²) in [4.78, 5) is 4.62. The highest BCUT2D eigenvalue weighted by Crippen LogP contribution is 2.26. The van der Waals surface area contributed by atoms with E-state index in [1.54, 1.807) is 12.1 Å². The molecule has 0 amide bonds. The zero-order valence-electron chi connectivity index (χ0n) is 14.2. The molecule has 25 heavy (non-hydrogen) atoms. The minimum atomic E-state index is -0.201. The monoisotopic (exact) mass is 333 g/mol. The topological polar surface area (TPSA) is 29.9 Å². The molecule has 2 heterocycles. The van der Waals surface area contributed by atoms with Gasteiger partial charge in [-0.3, -0.25) is 0 Å². The van der Waals surface area contributed by atoms with E-state index in [1.165, 1.54) is 6.07 Å². The summed E-state index contributed by atoms with van der Waals surface area (Å²) in [6.07, 6.45) is 3.84. The Kier molecular flexibility index (Phi) is 3.80. The summed E-state index contributed by atoms with van der Waals surface area (Å²) in [7, 11) is 0. The maximum absolute atomic E-state index is 13.9. The van der Waals surface area contributed by atoms with Gasteiger partial charge in [-0.05, 0) is 49.2 Å². The molecule has 3 nitrogen and oxygen atoms in total. The lowest BCUT2D eigenvalue weighted by Crippen LogP contribution is -2.33. The highest BCUT2D eigenvalue weighted by molar-refractivity contribution is 5.79. The van der Waals surface area contributed by atoms with Gasteiger partial charge in [0.2, 0.25) is 5.89 Å². The number of hydrogen-bond acceptors (Lipinski definition) is 2. The Balaban J connectivity index is 1.72. The van der Waals surface area contributed by atoms with E-state index in [2.05, 4.69) is 11.1 Å². The van der Waals surface area contributed by atoms with Crippen molar-refractivity contribution >= 4 is 11.1 Å². The molecule has 0 atom stereocenters. The number of rotatable bonds is 3. The number of nitrogens with zero attached hydrogens (tertiary/aromatic N) is 2. The van der Waals surface area contributed by atoms with Gasteiger partial charge in [0.05, 0.1) is 5.56 Å². The predicted molar refractivity (Wildman–Crippen MR) is 94.6 cm³/mol. The van der Waals surface area contributed by atoms with E-state index in [0.29, 0.717) is 18.0 Å². The van der Waals surface area contributed by atoms with Crippen LogP contribution in [0.2, 0.25) is 0 Å². The van der Waals surface area contributed by atoms with E-state index in [1.807, 2.05) is 55.1 Å². The van der Waals surface area contributed by atoms with Crippen molar-refractivity contribution in [3.05, 3.63) is 83.4 Å². The Labute approximate surface area is 145 Å². The van der Waals surface area contributed by atoms with Gasteiger partial charge < -0.3 is 4.42 Å². The highest BCUT2D eigenvalue weighted by atomic mass is 19.1. The van der Waals surface area contributed by atoms with E-state index in [4.69, 9.17) is 4.42 Å². The minimum absolute atomic E-state index is 0.201. The van der Waals surface area contributed by atoms with Crippen LogP contribution in [0, 0.1) is 19.7 Å². The Morgan fingerprint density at radius 2 is 1.92 bits per heavy atom. The molecular weight excluding hydrogens is 315 g/mol. The second kappa shape index (κ2) is 6.13. The predicted octanol–water partition coefficient (Wildman–Crippen LogP) is 4.59. The van der Waals surface area contributed by atoms with E-state index in [-0.39, 0.29) is 5.82 Å². The lowest BCUT2D eigenvalue weighted by atomic mass is 10.1. The van der Waals surface area contributed by atoms with Crippen molar-refractivity contribution < 1.29 is 13.4 Å². The molecule has 4 heteroatoms. The molecule has 0 N–H and O–H groups in total. The van der Waals surface area contributed by atoms with Crippen LogP contribution in [-0.4, -0.2) is 4.98 Å². The van der Waals surface area contributed by atoms with Crippen LogP contribution in [0.4, 0.5) is 4.39 Å². The van der Waals surface area contributed by atoms with Gasteiger partial charge in [0, 0.05) is 6.07 Å². The number of pyridine rings is 1. The number of aryl methyl sites for hydroxylation is 2. The number of hydrogen-bond donors (Lipinski definition) is 0. The molecule has 0 aliphatic rings. The molecule has 0 radical (unpaired) electrons. The highest BCUT2D eigenvalue weighted by Gasteiger charge is 2.14. The van der Waals surface area contributed by atoms with Crippen LogP contribution in [0.5, 0.6) is 0 Å². The molecule has 0 bridgehead atoms. The van der Waals surface area contributed by atoms with Gasteiger partial charge in [-0.15, -0.1) is 0 Å². The third-order valence-corrected chi connectivity index (χ3v) is 4.24. The van der Waals surface area contributed by atoms with Crippen LogP contribution in [0.15, 0.2) is 65.3 Å². The summed E-state index contributed by atoms with van der Waals surface area (Å²) in [6.45, 7) is 4.53. The zero-order chi connectivity index (χ0) is 17.4. The third kappa shape index (κ3) is 3.03. The van der Waals surface area contributed by atoms with Gasteiger partial charge in [0.1, 0.15) is 16.9 Å². The average molecular weight is 333 g/mol. The molecule has 124 valence electrons. The number of oxazole rings is 1. The Morgan fingerprint density at radius 1 is 1.08 bits per heavy atom. The van der Waals surface area contributed by atoms with Crippen LogP contribution >= 0.6 is 0 Å². The minimum Gasteiger partial charge on any atom is -0.436 e. The number of aromatic nitrogens is 2. The van der Waals surface area contributed by atoms with Crippen LogP contribution < -0.4 is 4.57 Å². The van der Waals surface area contributed by atoms with Crippen molar-refractivity contribution in [3.63, 3.8) is 0 Å². The van der Waals surface area contributed by atoms with Crippen LogP contribution in [0.1, 0.15) is 16.7 Å². The molecule has 0 saturated heterocycles. The third-order valence-electron chi connectivity index (χ3n) is 4.24. The average Bonchev–Trinajstić information content (AvgIpc) is 3.02. The van der Waals surface area contributed by atoms with E-state index in [9.17, 15) is 4.39 Å². The first-order valence-corrected chi connectivity index (χ1v) is 8.21. The molecule has 4 aromatic rings. The summed E-state index contributed by atoms with van der Waals surface area (Å²) in [5.41, 5.74) is 5.42. The molecule has 0 spiro atoms. The molecule has 2 aromatic heterocycles. The fourth-order valence-corrected chi connectivity index (χ4v) is 3.07. The SMILES string of the molecule is Cc1cc(C)c2oc(-c3ccc[n+](Cc4ccccc4F)c3)nc2c1. The van der Waals surface area contributed by atoms with Gasteiger partial charge in [0.25, 0.3) is 0 Å². The van der Waals surface area contributed by atoms with Gasteiger partial charge in [0.15, 0.2) is 24.5 Å². The Bertz CT molecular complexity index is 1070. The maximum atomic E-state index is 13.9.